The number of hydrogen-bond donors (Lipinski definition) is 0. The van der Waals surface area contributed by atoms with Gasteiger partial charge >= 0.3 is 11.8 Å². The second-order valence-corrected chi connectivity index (χ2v) is 6.54. The van der Waals surface area contributed by atoms with Gasteiger partial charge in [-0.1, -0.05) is 43.3 Å². The van der Waals surface area contributed by atoms with Gasteiger partial charge in [-0.25, -0.2) is 0 Å². The first-order valence-electron chi connectivity index (χ1n) is 6.73. The van der Waals surface area contributed by atoms with E-state index in [2.05, 4.69) is 4.18 Å². The molecule has 0 saturated heterocycles. The SMILES string of the molecule is CCC(F)(F)C(F)(F)COS(=O)(=O)c1cccc2ccccc12. The van der Waals surface area contributed by atoms with E-state index < -0.39 is 35.0 Å². The maximum Gasteiger partial charge on any atom is 0.334 e. The Bertz CT molecular complexity index is 798. The lowest BCUT2D eigenvalue weighted by Gasteiger charge is -2.24. The van der Waals surface area contributed by atoms with Gasteiger partial charge in [-0.3, -0.25) is 4.18 Å². The fourth-order valence-electron chi connectivity index (χ4n) is 1.99. The molecule has 0 aliphatic heterocycles. The Morgan fingerprint density at radius 1 is 0.957 bits per heavy atom. The quantitative estimate of drug-likeness (QED) is 0.579. The van der Waals surface area contributed by atoms with Crippen molar-refractivity contribution in [2.75, 3.05) is 6.61 Å². The van der Waals surface area contributed by atoms with Crippen LogP contribution in [0.2, 0.25) is 0 Å². The Labute approximate surface area is 131 Å². The summed E-state index contributed by atoms with van der Waals surface area (Å²) in [5, 5.41) is 0.823. The molecule has 2 aromatic carbocycles. The maximum absolute atomic E-state index is 13.4. The molecule has 0 saturated carbocycles. The molecule has 0 aliphatic rings. The lowest BCUT2D eigenvalue weighted by atomic mass is 10.1. The molecule has 2 rings (SSSR count). The van der Waals surface area contributed by atoms with E-state index in [1.165, 1.54) is 18.2 Å². The van der Waals surface area contributed by atoms with E-state index >= 15 is 0 Å². The van der Waals surface area contributed by atoms with Crippen LogP contribution in [-0.2, 0) is 14.3 Å². The zero-order valence-electron chi connectivity index (χ0n) is 12.1. The van der Waals surface area contributed by atoms with E-state index in [-0.39, 0.29) is 10.3 Å². The molecule has 0 spiro atoms. The predicted octanol–water partition coefficient (Wildman–Crippen LogP) is 4.23. The van der Waals surface area contributed by atoms with Crippen LogP contribution in [0.15, 0.2) is 47.4 Å². The van der Waals surface area contributed by atoms with E-state index in [1.807, 2.05) is 0 Å². The predicted molar refractivity (Wildman–Crippen MR) is 77.3 cm³/mol. The van der Waals surface area contributed by atoms with Crippen LogP contribution < -0.4 is 0 Å². The number of hydrogen-bond acceptors (Lipinski definition) is 3. The summed E-state index contributed by atoms with van der Waals surface area (Å²) in [6, 6.07) is 10.6. The highest BCUT2D eigenvalue weighted by Crippen LogP contribution is 2.37. The first kappa shape index (κ1) is 17.7. The molecular formula is C15H14F4O3S. The highest BCUT2D eigenvalue weighted by atomic mass is 32.2. The van der Waals surface area contributed by atoms with Crippen LogP contribution in [0.25, 0.3) is 10.8 Å². The molecule has 0 aliphatic carbocycles. The number of benzene rings is 2. The standard InChI is InChI=1S/C15H14F4O3S/c1-2-14(16,17)15(18,19)10-22-23(20,21)13-9-5-7-11-6-3-4-8-12(11)13/h3-9H,2,10H2,1H3. The van der Waals surface area contributed by atoms with E-state index in [0.717, 1.165) is 6.92 Å². The lowest BCUT2D eigenvalue weighted by Crippen LogP contribution is -2.44. The molecule has 0 atom stereocenters. The maximum atomic E-state index is 13.4. The number of rotatable bonds is 6. The number of alkyl halides is 4. The van der Waals surface area contributed by atoms with Crippen molar-refractivity contribution in [3.63, 3.8) is 0 Å². The normalized spacial score (nSPS) is 13.4. The Kier molecular flexibility index (Phi) is 4.68. The smallest absolute Gasteiger partial charge is 0.260 e. The fraction of sp³-hybridized carbons (Fsp3) is 0.333. The van der Waals surface area contributed by atoms with E-state index in [0.29, 0.717) is 5.39 Å². The van der Waals surface area contributed by atoms with Gasteiger partial charge in [-0.05, 0) is 11.5 Å². The third-order valence-electron chi connectivity index (χ3n) is 3.39. The summed E-state index contributed by atoms with van der Waals surface area (Å²) < 4.78 is 81.6. The van der Waals surface area contributed by atoms with Crippen LogP contribution in [0.5, 0.6) is 0 Å². The van der Waals surface area contributed by atoms with Crippen molar-refractivity contribution >= 4 is 20.9 Å². The van der Waals surface area contributed by atoms with Gasteiger partial charge in [0.15, 0.2) is 0 Å². The van der Waals surface area contributed by atoms with Crippen molar-refractivity contribution in [1.29, 1.82) is 0 Å². The summed E-state index contributed by atoms with van der Waals surface area (Å²) in [5.41, 5.74) is 0. The highest BCUT2D eigenvalue weighted by Gasteiger charge is 2.55. The van der Waals surface area contributed by atoms with Crippen molar-refractivity contribution in [2.24, 2.45) is 0 Å². The van der Waals surface area contributed by atoms with Crippen molar-refractivity contribution in [2.45, 2.75) is 30.1 Å². The van der Waals surface area contributed by atoms with Gasteiger partial charge in [0, 0.05) is 11.8 Å². The average molecular weight is 350 g/mol. The summed E-state index contributed by atoms with van der Waals surface area (Å²) in [6.45, 7) is -1.04. The summed E-state index contributed by atoms with van der Waals surface area (Å²) in [7, 11) is -4.60. The minimum atomic E-state index is -4.60. The molecule has 126 valence electrons. The van der Waals surface area contributed by atoms with Crippen LogP contribution in [-0.4, -0.2) is 26.9 Å². The van der Waals surface area contributed by atoms with Gasteiger partial charge in [0.1, 0.15) is 11.5 Å². The molecule has 23 heavy (non-hydrogen) atoms. The van der Waals surface area contributed by atoms with Crippen LogP contribution in [0, 0.1) is 0 Å². The first-order chi connectivity index (χ1) is 10.6. The Morgan fingerprint density at radius 3 is 2.22 bits per heavy atom. The van der Waals surface area contributed by atoms with E-state index in [4.69, 9.17) is 0 Å². The van der Waals surface area contributed by atoms with Crippen molar-refractivity contribution in [1.82, 2.24) is 0 Å². The zero-order valence-corrected chi connectivity index (χ0v) is 12.9. The molecule has 0 bridgehead atoms. The summed E-state index contributed by atoms with van der Waals surface area (Å²) in [6.07, 6.45) is -1.13. The summed E-state index contributed by atoms with van der Waals surface area (Å²) >= 11 is 0. The zero-order chi connectivity index (χ0) is 17.3. The lowest BCUT2D eigenvalue weighted by molar-refractivity contribution is -0.221. The Hall–Kier alpha value is -1.67. The summed E-state index contributed by atoms with van der Waals surface area (Å²) in [4.78, 5) is -0.341. The van der Waals surface area contributed by atoms with Crippen molar-refractivity contribution < 1.29 is 30.2 Å². The van der Waals surface area contributed by atoms with Gasteiger partial charge in [0.2, 0.25) is 0 Å². The van der Waals surface area contributed by atoms with E-state index in [1.54, 1.807) is 24.3 Å². The van der Waals surface area contributed by atoms with Crippen LogP contribution in [0.3, 0.4) is 0 Å². The molecule has 0 radical (unpaired) electrons. The average Bonchev–Trinajstić information content (AvgIpc) is 2.52. The molecule has 0 aromatic heterocycles. The Morgan fingerprint density at radius 2 is 1.57 bits per heavy atom. The highest BCUT2D eigenvalue weighted by molar-refractivity contribution is 7.87. The number of halogens is 4. The Balaban J connectivity index is 2.32. The van der Waals surface area contributed by atoms with Crippen LogP contribution in [0.4, 0.5) is 17.6 Å². The van der Waals surface area contributed by atoms with Gasteiger partial charge in [-0.2, -0.15) is 26.0 Å². The molecule has 3 nitrogen and oxygen atoms in total. The van der Waals surface area contributed by atoms with Gasteiger partial charge in [0.25, 0.3) is 10.1 Å². The molecule has 8 heteroatoms. The monoisotopic (exact) mass is 350 g/mol. The first-order valence-corrected chi connectivity index (χ1v) is 8.14. The van der Waals surface area contributed by atoms with Gasteiger partial charge in [-0.15, -0.1) is 0 Å². The van der Waals surface area contributed by atoms with Crippen molar-refractivity contribution in [3.05, 3.63) is 42.5 Å². The molecule has 0 N–H and O–H groups in total. The van der Waals surface area contributed by atoms with Crippen LogP contribution >= 0.6 is 0 Å². The van der Waals surface area contributed by atoms with Crippen molar-refractivity contribution in [3.8, 4) is 0 Å². The minimum Gasteiger partial charge on any atom is -0.260 e. The molecular weight excluding hydrogens is 336 g/mol. The molecule has 0 fully saturated rings. The molecule has 0 unspecified atom stereocenters. The van der Waals surface area contributed by atoms with Gasteiger partial charge < -0.3 is 0 Å². The molecule has 2 aromatic rings. The largest absolute Gasteiger partial charge is 0.334 e. The second kappa shape index (κ2) is 6.09. The third kappa shape index (κ3) is 3.48. The fourth-order valence-corrected chi connectivity index (χ4v) is 3.12. The molecule has 0 amide bonds. The molecule has 0 heterocycles. The summed E-state index contributed by atoms with van der Waals surface area (Å²) in [5.74, 6) is -8.93. The number of fused-ring (bicyclic) bond motifs is 1. The van der Waals surface area contributed by atoms with Crippen LogP contribution in [0.1, 0.15) is 13.3 Å². The minimum absolute atomic E-state index is 0.264. The second-order valence-electron chi connectivity index (χ2n) is 4.96. The topological polar surface area (TPSA) is 43.4 Å². The van der Waals surface area contributed by atoms with E-state index in [9.17, 15) is 26.0 Å². The third-order valence-corrected chi connectivity index (χ3v) is 4.72. The van der Waals surface area contributed by atoms with Gasteiger partial charge in [0.05, 0.1) is 0 Å².